The molecule has 0 spiro atoms. The second-order valence-electron chi connectivity index (χ2n) is 9.82. The van der Waals surface area contributed by atoms with Crippen LogP contribution in [0.3, 0.4) is 0 Å². The molecule has 0 aliphatic rings. The molecular weight excluding hydrogens is 548 g/mol. The number of hydrogen-bond donors (Lipinski definition) is 7. The van der Waals surface area contributed by atoms with Gasteiger partial charge in [-0.2, -0.15) is 0 Å². The Hall–Kier alpha value is -4.29. The molecular formula is C31H46N8O4. The van der Waals surface area contributed by atoms with E-state index >= 15 is 0 Å². The minimum Gasteiger partial charge on any atom is -0.370 e. The van der Waals surface area contributed by atoms with Crippen molar-refractivity contribution in [2.75, 3.05) is 13.1 Å². The Morgan fingerprint density at radius 2 is 1.53 bits per heavy atom. The van der Waals surface area contributed by atoms with E-state index in [-0.39, 0.29) is 38.2 Å². The third-order valence-electron chi connectivity index (χ3n) is 6.39. The monoisotopic (exact) mass is 602 g/mol. The predicted molar refractivity (Wildman–Crippen MR) is 167 cm³/mol. The Bertz CT molecular complexity index is 1560. The fourth-order valence-electron chi connectivity index (χ4n) is 4.17. The summed E-state index contributed by atoms with van der Waals surface area (Å²) < 4.78 is 65.6. The standard InChI is InChI=1S/C31H46N8O4/c32-16-8-7-14-26(28(34)41)39-29(42)23(18-21-10-3-1-4-11-21)20-27(40)25(15-9-17-37-31(35)36)38-30(43)24(33)19-22-12-5-2-6-13-22/h1-6,10-13,23-26H,7-9,14-20,32-33H2,(H2,34,41)(H,38,43)(H,39,42)(H4,35,36,37)/t23-,24+,25-,26+/m1/s1/i2D,5D,6D,12D,13D,19D2,24D. The van der Waals surface area contributed by atoms with Crippen LogP contribution in [0, 0.1) is 5.92 Å². The number of nitrogens with zero attached hydrogens (tertiary/aromatic N) is 1. The van der Waals surface area contributed by atoms with Crippen LogP contribution in [0.1, 0.15) is 60.6 Å². The average molecular weight is 603 g/mol. The van der Waals surface area contributed by atoms with Crippen molar-refractivity contribution in [1.29, 1.82) is 0 Å². The summed E-state index contributed by atoms with van der Waals surface area (Å²) in [6.45, 7) is 0.379. The molecule has 2 rings (SSSR count). The maximum absolute atomic E-state index is 13.9. The summed E-state index contributed by atoms with van der Waals surface area (Å²) in [5, 5.41) is 4.89. The number of unbranched alkanes of at least 4 members (excludes halogenated alkanes) is 1. The van der Waals surface area contributed by atoms with Gasteiger partial charge < -0.3 is 39.3 Å². The van der Waals surface area contributed by atoms with Gasteiger partial charge in [-0.1, -0.05) is 60.5 Å². The zero-order valence-corrected chi connectivity index (χ0v) is 23.9. The highest BCUT2D eigenvalue weighted by molar-refractivity contribution is 5.94. The number of benzene rings is 2. The Kier molecular flexibility index (Phi) is 10.7. The number of nitrogens with two attached hydrogens (primary N) is 5. The van der Waals surface area contributed by atoms with E-state index in [2.05, 4.69) is 15.6 Å². The lowest BCUT2D eigenvalue weighted by Gasteiger charge is -2.24. The number of carbonyl (C=O) groups is 4. The van der Waals surface area contributed by atoms with Crippen LogP contribution < -0.4 is 39.3 Å². The van der Waals surface area contributed by atoms with Crippen LogP contribution in [0.4, 0.5) is 0 Å². The Morgan fingerprint density at radius 3 is 2.16 bits per heavy atom. The van der Waals surface area contributed by atoms with E-state index in [0.29, 0.717) is 24.9 Å². The molecule has 43 heavy (non-hydrogen) atoms. The fourth-order valence-corrected chi connectivity index (χ4v) is 4.17. The summed E-state index contributed by atoms with van der Waals surface area (Å²) in [5.41, 5.74) is 27.5. The van der Waals surface area contributed by atoms with Crippen LogP contribution in [0.15, 0.2) is 65.5 Å². The third-order valence-corrected chi connectivity index (χ3v) is 6.39. The van der Waals surface area contributed by atoms with Crippen LogP contribution in [0.2, 0.25) is 0 Å². The van der Waals surface area contributed by atoms with Crippen LogP contribution >= 0.6 is 0 Å². The summed E-state index contributed by atoms with van der Waals surface area (Å²) in [6, 6.07) is -1.79. The van der Waals surface area contributed by atoms with Crippen molar-refractivity contribution in [2.24, 2.45) is 39.6 Å². The number of guanidine groups is 1. The van der Waals surface area contributed by atoms with Crippen LogP contribution in [-0.2, 0) is 32.0 Å². The summed E-state index contributed by atoms with van der Waals surface area (Å²) in [5.74, 6) is -5.03. The number of primary amides is 1. The van der Waals surface area contributed by atoms with Gasteiger partial charge in [0.25, 0.3) is 0 Å². The van der Waals surface area contributed by atoms with E-state index in [9.17, 15) is 19.2 Å². The number of amides is 3. The summed E-state index contributed by atoms with van der Waals surface area (Å²) >= 11 is 0. The van der Waals surface area contributed by atoms with Crippen molar-refractivity contribution in [2.45, 2.75) is 69.4 Å². The molecule has 0 heterocycles. The second-order valence-corrected chi connectivity index (χ2v) is 9.82. The molecule has 3 amide bonds. The number of aliphatic imine (C=N–C) groups is 1. The molecule has 0 aliphatic heterocycles. The van der Waals surface area contributed by atoms with Crippen molar-refractivity contribution < 1.29 is 30.1 Å². The molecule has 0 aliphatic carbocycles. The molecule has 0 bridgehead atoms. The van der Waals surface area contributed by atoms with Crippen molar-refractivity contribution >= 4 is 29.5 Å². The highest BCUT2D eigenvalue weighted by Gasteiger charge is 2.30. The van der Waals surface area contributed by atoms with Gasteiger partial charge in [0.15, 0.2) is 11.7 Å². The summed E-state index contributed by atoms with van der Waals surface area (Å²) in [6.07, 6.45) is -2.59. The van der Waals surface area contributed by atoms with Gasteiger partial charge in [0.2, 0.25) is 17.7 Å². The normalized spacial score (nSPS) is 17.3. The molecule has 2 aromatic rings. The fraction of sp³-hybridized carbons (Fsp3) is 0.452. The lowest BCUT2D eigenvalue weighted by atomic mass is 9.89. The van der Waals surface area contributed by atoms with E-state index < -0.39 is 96.1 Å². The van der Waals surface area contributed by atoms with E-state index in [4.69, 9.17) is 39.6 Å². The number of hydrogen-bond acceptors (Lipinski definition) is 7. The summed E-state index contributed by atoms with van der Waals surface area (Å²) in [4.78, 5) is 57.1. The highest BCUT2D eigenvalue weighted by Crippen LogP contribution is 2.17. The third kappa shape index (κ3) is 13.5. The smallest absolute Gasteiger partial charge is 0.239 e. The number of carbonyl (C=O) groups excluding carboxylic acids is 4. The topological polar surface area (TPSA) is 235 Å². The van der Waals surface area contributed by atoms with Gasteiger partial charge in [0, 0.05) is 21.6 Å². The van der Waals surface area contributed by atoms with Crippen LogP contribution in [-0.4, -0.2) is 60.7 Å². The van der Waals surface area contributed by atoms with Crippen molar-refractivity contribution in [3.8, 4) is 0 Å². The molecule has 12 N–H and O–H groups in total. The molecule has 0 saturated heterocycles. The van der Waals surface area contributed by atoms with E-state index in [1.165, 1.54) is 0 Å². The highest BCUT2D eigenvalue weighted by atomic mass is 16.2. The van der Waals surface area contributed by atoms with Crippen LogP contribution in [0.25, 0.3) is 0 Å². The molecule has 0 saturated carbocycles. The van der Waals surface area contributed by atoms with Gasteiger partial charge in [-0.3, -0.25) is 24.2 Å². The van der Waals surface area contributed by atoms with Gasteiger partial charge in [-0.15, -0.1) is 0 Å². The van der Waals surface area contributed by atoms with Crippen LogP contribution in [0.5, 0.6) is 0 Å². The molecule has 12 nitrogen and oxygen atoms in total. The molecule has 2 aromatic carbocycles. The Labute approximate surface area is 264 Å². The zero-order valence-electron chi connectivity index (χ0n) is 31.9. The maximum Gasteiger partial charge on any atom is 0.239 e. The first-order valence-electron chi connectivity index (χ1n) is 17.9. The van der Waals surface area contributed by atoms with Gasteiger partial charge in [0.1, 0.15) is 6.04 Å². The van der Waals surface area contributed by atoms with E-state index in [1.807, 2.05) is 0 Å². The number of rotatable bonds is 20. The lowest BCUT2D eigenvalue weighted by Crippen LogP contribution is -2.51. The van der Waals surface area contributed by atoms with Crippen molar-refractivity contribution in [1.82, 2.24) is 10.6 Å². The Balaban J connectivity index is 2.47. The molecule has 0 unspecified atom stereocenters. The second kappa shape index (κ2) is 19.0. The van der Waals surface area contributed by atoms with E-state index in [1.54, 1.807) is 30.3 Å². The first-order valence-corrected chi connectivity index (χ1v) is 13.9. The molecule has 4 atom stereocenters. The lowest BCUT2D eigenvalue weighted by molar-refractivity contribution is -0.133. The largest absolute Gasteiger partial charge is 0.370 e. The molecule has 12 heteroatoms. The SMILES string of the molecule is [2H]c1c([2H])c([2H])c(C([2H])([2H])[C@]([2H])(N)C(=O)N[C@H](CCCN=C(N)N)C(=O)C[C@@H](Cc2ccccc2)C(=O)N[C@@H](CCCCN)C(N)=O)c([2H])c1[2H]. The minimum absolute atomic E-state index is 0.0108. The van der Waals surface area contributed by atoms with E-state index in [0.717, 1.165) is 0 Å². The summed E-state index contributed by atoms with van der Waals surface area (Å²) in [7, 11) is 0. The van der Waals surface area contributed by atoms with Gasteiger partial charge >= 0.3 is 0 Å². The maximum atomic E-state index is 13.9. The van der Waals surface area contributed by atoms with Gasteiger partial charge in [-0.25, -0.2) is 0 Å². The molecule has 234 valence electrons. The van der Waals surface area contributed by atoms with Crippen molar-refractivity contribution in [3.63, 3.8) is 0 Å². The average Bonchev–Trinajstić information content (AvgIpc) is 3.06. The zero-order chi connectivity index (χ0) is 38.7. The molecule has 0 aromatic heterocycles. The number of Topliss-reactive ketones (excluding diaryl/α,β-unsaturated/α-hetero) is 1. The predicted octanol–water partition coefficient (Wildman–Crippen LogP) is 0.0120. The number of nitrogens with one attached hydrogen (secondary N) is 2. The molecule has 0 fully saturated rings. The van der Waals surface area contributed by atoms with Gasteiger partial charge in [0.05, 0.1) is 20.3 Å². The Morgan fingerprint density at radius 1 is 0.884 bits per heavy atom. The first kappa shape index (κ1) is 24.2. The number of ketones is 1. The van der Waals surface area contributed by atoms with Crippen molar-refractivity contribution in [3.05, 3.63) is 71.7 Å². The first-order chi connectivity index (χ1) is 23.8. The van der Waals surface area contributed by atoms with Gasteiger partial charge in [-0.05, 0) is 62.6 Å². The minimum atomic E-state index is -3.38. The molecule has 0 radical (unpaired) electrons. The quantitative estimate of drug-likeness (QED) is 0.0618.